The Hall–Kier alpha value is -3.84. The predicted octanol–water partition coefficient (Wildman–Crippen LogP) is 4.32. The quantitative estimate of drug-likeness (QED) is 0.519. The highest BCUT2D eigenvalue weighted by atomic mass is 16.5. The zero-order valence-electron chi connectivity index (χ0n) is 22.6. The van der Waals surface area contributed by atoms with Crippen LogP contribution >= 0.6 is 0 Å². The van der Waals surface area contributed by atoms with E-state index in [0.29, 0.717) is 29.2 Å². The smallest absolute Gasteiger partial charge is 0.254 e. The third kappa shape index (κ3) is 4.76. The van der Waals surface area contributed by atoms with Gasteiger partial charge in [-0.15, -0.1) is 0 Å². The van der Waals surface area contributed by atoms with Crippen molar-refractivity contribution in [1.82, 2.24) is 15.1 Å². The molecule has 7 nitrogen and oxygen atoms in total. The van der Waals surface area contributed by atoms with E-state index in [4.69, 9.17) is 9.47 Å². The minimum atomic E-state index is -0.540. The second kappa shape index (κ2) is 10.7. The molecular weight excluding hydrogens is 490 g/mol. The zero-order chi connectivity index (χ0) is 26.9. The summed E-state index contributed by atoms with van der Waals surface area (Å²) >= 11 is 0. The average Bonchev–Trinajstić information content (AvgIpc) is 2.98. The molecule has 2 amide bonds. The number of nitrogens with one attached hydrogen (secondary N) is 1. The summed E-state index contributed by atoms with van der Waals surface area (Å²) in [5, 5.41) is 3.38. The Morgan fingerprint density at radius 2 is 1.59 bits per heavy atom. The van der Waals surface area contributed by atoms with E-state index in [9.17, 15) is 9.59 Å². The highest BCUT2D eigenvalue weighted by Gasteiger charge is 2.47. The van der Waals surface area contributed by atoms with Gasteiger partial charge in [0.15, 0.2) is 11.5 Å². The van der Waals surface area contributed by atoms with E-state index in [-0.39, 0.29) is 23.9 Å². The standard InChI is InChI=1S/C32H35N3O4/c1-38-27-18-25-26(19-28(27)39-2)32(37)35-17-12-22-10-6-7-11-24(22)30(35)29(25)31(36)33-23-13-15-34(16-14-23)20-21-8-4-3-5-9-21/h3-11,18-19,23,29-30H,12-17,20H2,1-2H3,(H,33,36)/t29-,30+/m0/s1. The number of methoxy groups -OCH3 is 2. The Labute approximate surface area is 229 Å². The predicted molar refractivity (Wildman–Crippen MR) is 149 cm³/mol. The maximum Gasteiger partial charge on any atom is 0.254 e. The van der Waals surface area contributed by atoms with Crippen LogP contribution in [0.25, 0.3) is 0 Å². The third-order valence-corrected chi connectivity index (χ3v) is 8.49. The minimum Gasteiger partial charge on any atom is -0.493 e. The van der Waals surface area contributed by atoms with Crippen LogP contribution in [0.1, 0.15) is 57.4 Å². The Balaban J connectivity index is 1.29. The lowest BCUT2D eigenvalue weighted by molar-refractivity contribution is -0.125. The molecular formula is C32H35N3O4. The molecule has 2 atom stereocenters. The number of carbonyl (C=O) groups excluding carboxylic acids is 2. The van der Waals surface area contributed by atoms with Crippen LogP contribution in [0.15, 0.2) is 66.7 Å². The molecule has 0 aliphatic carbocycles. The van der Waals surface area contributed by atoms with Crippen molar-refractivity contribution < 1.29 is 19.1 Å². The summed E-state index contributed by atoms with van der Waals surface area (Å²) in [6.45, 7) is 3.37. The van der Waals surface area contributed by atoms with Crippen molar-refractivity contribution in [2.24, 2.45) is 0 Å². The summed E-state index contributed by atoms with van der Waals surface area (Å²) in [5.41, 5.74) is 4.78. The van der Waals surface area contributed by atoms with Crippen LogP contribution in [0.4, 0.5) is 0 Å². The molecule has 0 saturated carbocycles. The van der Waals surface area contributed by atoms with Crippen LogP contribution in [-0.2, 0) is 17.8 Å². The minimum absolute atomic E-state index is 0.0378. The summed E-state index contributed by atoms with van der Waals surface area (Å²) < 4.78 is 11.1. The van der Waals surface area contributed by atoms with Crippen molar-refractivity contribution in [2.75, 3.05) is 33.9 Å². The van der Waals surface area contributed by atoms with Gasteiger partial charge in [0.25, 0.3) is 5.91 Å². The fraction of sp³-hybridized carbons (Fsp3) is 0.375. The van der Waals surface area contributed by atoms with Gasteiger partial charge in [-0.2, -0.15) is 0 Å². The number of piperidine rings is 1. The third-order valence-electron chi connectivity index (χ3n) is 8.49. The number of ether oxygens (including phenoxy) is 2. The SMILES string of the molecule is COc1cc2c(cc1OC)[C@H](C(=O)NC1CCN(Cc3ccccc3)CC1)[C@H]1c3ccccc3CCN1C2=O. The molecule has 1 saturated heterocycles. The summed E-state index contributed by atoms with van der Waals surface area (Å²) in [7, 11) is 3.14. The molecule has 6 rings (SSSR count). The van der Waals surface area contributed by atoms with Gasteiger partial charge < -0.3 is 19.7 Å². The molecule has 3 aromatic carbocycles. The molecule has 0 radical (unpaired) electrons. The molecule has 202 valence electrons. The van der Waals surface area contributed by atoms with Crippen LogP contribution in [0.5, 0.6) is 11.5 Å². The number of nitrogens with zero attached hydrogens (tertiary/aromatic N) is 2. The fourth-order valence-electron chi connectivity index (χ4n) is 6.50. The van der Waals surface area contributed by atoms with E-state index >= 15 is 0 Å². The maximum absolute atomic E-state index is 14.2. The van der Waals surface area contributed by atoms with Gasteiger partial charge in [-0.3, -0.25) is 14.5 Å². The van der Waals surface area contributed by atoms with E-state index in [1.54, 1.807) is 20.3 Å². The number of carbonyl (C=O) groups is 2. The molecule has 3 heterocycles. The topological polar surface area (TPSA) is 71.1 Å². The van der Waals surface area contributed by atoms with Crippen molar-refractivity contribution >= 4 is 11.8 Å². The molecule has 0 unspecified atom stereocenters. The average molecular weight is 526 g/mol. The summed E-state index contributed by atoms with van der Waals surface area (Å²) in [4.78, 5) is 32.3. The monoisotopic (exact) mass is 525 g/mol. The van der Waals surface area contributed by atoms with Gasteiger partial charge in [-0.05, 0) is 53.6 Å². The van der Waals surface area contributed by atoms with Crippen LogP contribution in [0.3, 0.4) is 0 Å². The Morgan fingerprint density at radius 1 is 0.897 bits per heavy atom. The van der Waals surface area contributed by atoms with Crippen LogP contribution in [0, 0.1) is 0 Å². The van der Waals surface area contributed by atoms with Gasteiger partial charge in [-0.1, -0.05) is 54.6 Å². The molecule has 1 N–H and O–H groups in total. The molecule has 7 heteroatoms. The summed E-state index contributed by atoms with van der Waals surface area (Å²) in [6.07, 6.45) is 2.57. The van der Waals surface area contributed by atoms with Crippen LogP contribution in [-0.4, -0.2) is 61.5 Å². The largest absolute Gasteiger partial charge is 0.493 e. The molecule has 1 fully saturated rings. The van der Waals surface area contributed by atoms with Crippen LogP contribution in [0.2, 0.25) is 0 Å². The Kier molecular flexibility index (Phi) is 7.00. The van der Waals surface area contributed by atoms with E-state index in [2.05, 4.69) is 46.6 Å². The van der Waals surface area contributed by atoms with E-state index in [1.165, 1.54) is 11.1 Å². The molecule has 3 aromatic rings. The number of benzene rings is 3. The van der Waals surface area contributed by atoms with Gasteiger partial charge >= 0.3 is 0 Å². The number of rotatable bonds is 6. The van der Waals surface area contributed by atoms with E-state index < -0.39 is 5.92 Å². The second-order valence-electron chi connectivity index (χ2n) is 10.7. The van der Waals surface area contributed by atoms with Crippen LogP contribution < -0.4 is 14.8 Å². The molecule has 0 bridgehead atoms. The summed E-state index contributed by atoms with van der Waals surface area (Å²) in [5.74, 6) is 0.369. The van der Waals surface area contributed by atoms with Crippen molar-refractivity contribution in [3.8, 4) is 11.5 Å². The Bertz CT molecular complexity index is 1370. The molecule has 39 heavy (non-hydrogen) atoms. The normalized spacial score (nSPS) is 21.0. The number of hydrogen-bond acceptors (Lipinski definition) is 5. The fourth-order valence-corrected chi connectivity index (χ4v) is 6.50. The molecule has 0 aromatic heterocycles. The lowest BCUT2D eigenvalue weighted by atomic mass is 9.75. The Morgan fingerprint density at radius 3 is 2.33 bits per heavy atom. The highest BCUT2D eigenvalue weighted by molar-refractivity contribution is 6.02. The van der Waals surface area contributed by atoms with Crippen molar-refractivity contribution in [3.05, 3.63) is 94.5 Å². The first kappa shape index (κ1) is 25.4. The van der Waals surface area contributed by atoms with Crippen molar-refractivity contribution in [3.63, 3.8) is 0 Å². The zero-order valence-corrected chi connectivity index (χ0v) is 22.6. The second-order valence-corrected chi connectivity index (χ2v) is 10.7. The molecule has 0 spiro atoms. The lowest BCUT2D eigenvalue weighted by Gasteiger charge is -2.45. The van der Waals surface area contributed by atoms with Gasteiger partial charge in [0.05, 0.1) is 26.2 Å². The number of fused-ring (bicyclic) bond motifs is 4. The van der Waals surface area contributed by atoms with Gasteiger partial charge in [0.1, 0.15) is 0 Å². The number of hydrogen-bond donors (Lipinski definition) is 1. The molecule has 3 aliphatic heterocycles. The number of likely N-dealkylation sites (tertiary alicyclic amines) is 1. The first-order valence-corrected chi connectivity index (χ1v) is 13.8. The number of amides is 2. The lowest BCUT2D eigenvalue weighted by Crippen LogP contribution is -2.52. The highest BCUT2D eigenvalue weighted by Crippen LogP contribution is 2.48. The first-order valence-electron chi connectivity index (χ1n) is 13.8. The maximum atomic E-state index is 14.2. The molecule has 3 aliphatic rings. The van der Waals surface area contributed by atoms with Crippen molar-refractivity contribution in [2.45, 2.75) is 43.8 Å². The summed E-state index contributed by atoms with van der Waals surface area (Å²) in [6, 6.07) is 22.0. The van der Waals surface area contributed by atoms with E-state index in [1.807, 2.05) is 29.2 Å². The van der Waals surface area contributed by atoms with Gasteiger partial charge in [0.2, 0.25) is 5.91 Å². The van der Waals surface area contributed by atoms with Gasteiger partial charge in [0, 0.05) is 37.8 Å². The van der Waals surface area contributed by atoms with Crippen molar-refractivity contribution in [1.29, 1.82) is 0 Å². The van der Waals surface area contributed by atoms with Gasteiger partial charge in [-0.25, -0.2) is 0 Å². The van der Waals surface area contributed by atoms with E-state index in [0.717, 1.165) is 44.5 Å². The first-order chi connectivity index (χ1) is 19.1.